The monoisotopic (exact) mass is 285 g/mol. The first-order valence-corrected chi connectivity index (χ1v) is 6.14. The molecule has 0 aliphatic carbocycles. The van der Waals surface area contributed by atoms with Gasteiger partial charge in [0.2, 0.25) is 0 Å². The molecule has 1 aromatic carbocycles. The molecule has 0 aliphatic heterocycles. The Bertz CT molecular complexity index is 543. The molecule has 0 aliphatic rings. The van der Waals surface area contributed by atoms with Gasteiger partial charge in [-0.3, -0.25) is 0 Å². The summed E-state index contributed by atoms with van der Waals surface area (Å²) in [5.74, 6) is -0.595. The molecule has 3 nitrogen and oxygen atoms in total. The fourth-order valence-corrected chi connectivity index (χ4v) is 1.85. The number of rotatable bonds is 6. The molecule has 0 saturated heterocycles. The van der Waals surface area contributed by atoms with Crippen molar-refractivity contribution in [2.45, 2.75) is 26.0 Å². The molecule has 1 aromatic heterocycles. The summed E-state index contributed by atoms with van der Waals surface area (Å²) in [6.45, 7) is -1.10. The molecular formula is C14H14F3NO2. The summed E-state index contributed by atoms with van der Waals surface area (Å²) in [6.07, 6.45) is 2.28. The number of halogens is 3. The van der Waals surface area contributed by atoms with Gasteiger partial charge < -0.3 is 14.5 Å². The predicted octanol–water partition coefficient (Wildman–Crippen LogP) is 4.58. The lowest BCUT2D eigenvalue weighted by Crippen LogP contribution is -2.09. The Hall–Kier alpha value is -2.11. The maximum atomic E-state index is 13.6. The summed E-state index contributed by atoms with van der Waals surface area (Å²) >= 11 is 0. The highest BCUT2D eigenvalue weighted by Crippen LogP contribution is 2.27. The van der Waals surface area contributed by atoms with Crippen molar-refractivity contribution in [3.63, 3.8) is 0 Å². The molecule has 1 atom stereocenters. The first-order chi connectivity index (χ1) is 9.60. The number of hydrogen-bond donors (Lipinski definition) is 1. The van der Waals surface area contributed by atoms with E-state index in [9.17, 15) is 13.2 Å². The molecule has 2 aromatic rings. The van der Waals surface area contributed by atoms with Crippen LogP contribution in [0.1, 0.15) is 25.1 Å². The molecule has 108 valence electrons. The van der Waals surface area contributed by atoms with Crippen molar-refractivity contribution >= 4 is 5.69 Å². The smallest absolute Gasteiger partial charge is 0.387 e. The van der Waals surface area contributed by atoms with Crippen LogP contribution in [0.25, 0.3) is 0 Å². The molecule has 1 unspecified atom stereocenters. The van der Waals surface area contributed by atoms with E-state index in [1.165, 1.54) is 12.1 Å². The van der Waals surface area contributed by atoms with Crippen molar-refractivity contribution < 1.29 is 22.3 Å². The van der Waals surface area contributed by atoms with E-state index in [0.717, 1.165) is 18.2 Å². The third-order valence-electron chi connectivity index (χ3n) is 2.78. The Kier molecular flexibility index (Phi) is 4.55. The van der Waals surface area contributed by atoms with Gasteiger partial charge in [0.1, 0.15) is 5.76 Å². The highest BCUT2D eigenvalue weighted by Gasteiger charge is 2.14. The maximum absolute atomic E-state index is 13.6. The van der Waals surface area contributed by atoms with Crippen LogP contribution in [0, 0.1) is 5.82 Å². The Morgan fingerprint density at radius 3 is 2.65 bits per heavy atom. The van der Waals surface area contributed by atoms with E-state index in [-0.39, 0.29) is 6.04 Å². The Morgan fingerprint density at radius 2 is 2.10 bits per heavy atom. The van der Waals surface area contributed by atoms with Crippen molar-refractivity contribution in [2.75, 3.05) is 5.32 Å². The lowest BCUT2D eigenvalue weighted by atomic mass is 10.1. The van der Waals surface area contributed by atoms with Crippen molar-refractivity contribution in [1.82, 2.24) is 0 Å². The van der Waals surface area contributed by atoms with Crippen LogP contribution in [0.3, 0.4) is 0 Å². The SMILES string of the molecule is CCC(Nc1ccc(OC(F)F)c(F)c1)c1ccco1. The number of benzene rings is 1. The molecule has 0 bridgehead atoms. The van der Waals surface area contributed by atoms with Crippen molar-refractivity contribution in [2.24, 2.45) is 0 Å². The van der Waals surface area contributed by atoms with E-state index in [0.29, 0.717) is 5.69 Å². The number of anilines is 1. The van der Waals surface area contributed by atoms with Crippen LogP contribution < -0.4 is 10.1 Å². The van der Waals surface area contributed by atoms with Gasteiger partial charge in [0.15, 0.2) is 11.6 Å². The molecule has 0 saturated carbocycles. The summed E-state index contributed by atoms with van der Waals surface area (Å²) in [6, 6.07) is 7.21. The Morgan fingerprint density at radius 1 is 1.30 bits per heavy atom. The zero-order valence-corrected chi connectivity index (χ0v) is 10.8. The minimum absolute atomic E-state index is 0.119. The molecule has 20 heavy (non-hydrogen) atoms. The normalized spacial score (nSPS) is 12.4. The van der Waals surface area contributed by atoms with Crippen LogP contribution in [-0.2, 0) is 0 Å². The molecule has 2 rings (SSSR count). The molecule has 0 amide bonds. The van der Waals surface area contributed by atoms with Gasteiger partial charge in [0.25, 0.3) is 0 Å². The summed E-state index contributed by atoms with van der Waals surface area (Å²) in [5.41, 5.74) is 0.465. The van der Waals surface area contributed by atoms with Gasteiger partial charge in [-0.15, -0.1) is 0 Å². The molecular weight excluding hydrogens is 271 g/mol. The van der Waals surface area contributed by atoms with Crippen LogP contribution in [0.4, 0.5) is 18.9 Å². The standard InChI is InChI=1S/C14H14F3NO2/c1-2-11(13-4-3-7-19-13)18-9-5-6-12(10(15)8-9)20-14(16)17/h3-8,11,14,18H,2H2,1H3. The number of alkyl halides is 2. The molecule has 0 spiro atoms. The summed E-state index contributed by atoms with van der Waals surface area (Å²) in [4.78, 5) is 0. The molecule has 1 heterocycles. The highest BCUT2D eigenvalue weighted by molar-refractivity contribution is 5.48. The van der Waals surface area contributed by atoms with Crippen molar-refractivity contribution in [3.8, 4) is 5.75 Å². The third-order valence-corrected chi connectivity index (χ3v) is 2.78. The quantitative estimate of drug-likeness (QED) is 0.843. The summed E-state index contributed by atoms with van der Waals surface area (Å²) in [7, 11) is 0. The zero-order valence-electron chi connectivity index (χ0n) is 10.8. The second-order valence-corrected chi connectivity index (χ2v) is 4.14. The number of ether oxygens (including phenoxy) is 1. The van der Waals surface area contributed by atoms with Gasteiger partial charge in [-0.25, -0.2) is 4.39 Å². The summed E-state index contributed by atoms with van der Waals surface area (Å²) in [5, 5.41) is 3.08. The fourth-order valence-electron chi connectivity index (χ4n) is 1.85. The van der Waals surface area contributed by atoms with Gasteiger partial charge >= 0.3 is 6.61 Å². The lowest BCUT2D eigenvalue weighted by Gasteiger charge is -2.16. The van der Waals surface area contributed by atoms with E-state index in [1.807, 2.05) is 13.0 Å². The average Bonchev–Trinajstić information content (AvgIpc) is 2.92. The lowest BCUT2D eigenvalue weighted by molar-refractivity contribution is -0.0521. The molecule has 0 fully saturated rings. The topological polar surface area (TPSA) is 34.4 Å². The largest absolute Gasteiger partial charge is 0.467 e. The molecule has 1 N–H and O–H groups in total. The second-order valence-electron chi connectivity index (χ2n) is 4.14. The van der Waals surface area contributed by atoms with Gasteiger partial charge in [0.05, 0.1) is 12.3 Å². The van der Waals surface area contributed by atoms with Crippen LogP contribution >= 0.6 is 0 Å². The van der Waals surface area contributed by atoms with Crippen LogP contribution in [0.5, 0.6) is 5.75 Å². The maximum Gasteiger partial charge on any atom is 0.387 e. The van der Waals surface area contributed by atoms with E-state index >= 15 is 0 Å². The van der Waals surface area contributed by atoms with Gasteiger partial charge in [-0.1, -0.05) is 6.92 Å². The first-order valence-electron chi connectivity index (χ1n) is 6.14. The minimum atomic E-state index is -3.05. The van der Waals surface area contributed by atoms with Gasteiger partial charge in [-0.2, -0.15) is 8.78 Å². The fraction of sp³-hybridized carbons (Fsp3) is 0.286. The van der Waals surface area contributed by atoms with E-state index in [1.54, 1.807) is 12.3 Å². The van der Waals surface area contributed by atoms with E-state index in [4.69, 9.17) is 4.42 Å². The number of hydrogen-bond acceptors (Lipinski definition) is 3. The number of nitrogens with one attached hydrogen (secondary N) is 1. The minimum Gasteiger partial charge on any atom is -0.467 e. The van der Waals surface area contributed by atoms with Crippen molar-refractivity contribution in [1.29, 1.82) is 0 Å². The Labute approximate surface area is 114 Å². The van der Waals surface area contributed by atoms with Crippen LogP contribution in [0.2, 0.25) is 0 Å². The molecule has 0 radical (unpaired) electrons. The van der Waals surface area contributed by atoms with Crippen LogP contribution in [0.15, 0.2) is 41.0 Å². The van der Waals surface area contributed by atoms with Gasteiger partial charge in [0, 0.05) is 11.8 Å². The third kappa shape index (κ3) is 3.46. The van der Waals surface area contributed by atoms with E-state index in [2.05, 4.69) is 10.1 Å². The first kappa shape index (κ1) is 14.3. The van der Waals surface area contributed by atoms with Crippen molar-refractivity contribution in [3.05, 3.63) is 48.2 Å². The zero-order chi connectivity index (χ0) is 14.5. The summed E-state index contributed by atoms with van der Waals surface area (Å²) < 4.78 is 47.0. The Balaban J connectivity index is 2.11. The van der Waals surface area contributed by atoms with Gasteiger partial charge in [-0.05, 0) is 30.7 Å². The van der Waals surface area contributed by atoms with E-state index < -0.39 is 18.2 Å². The second kappa shape index (κ2) is 6.36. The van der Waals surface area contributed by atoms with Crippen LogP contribution in [-0.4, -0.2) is 6.61 Å². The molecule has 6 heteroatoms. The predicted molar refractivity (Wildman–Crippen MR) is 68.4 cm³/mol. The highest BCUT2D eigenvalue weighted by atomic mass is 19.3. The number of furan rings is 1. The average molecular weight is 285 g/mol.